The molecule has 3 N–H and O–H groups in total. The third kappa shape index (κ3) is 8.18. The second-order valence-corrected chi connectivity index (χ2v) is 17.3. The predicted molar refractivity (Wildman–Crippen MR) is 225 cm³/mol. The number of nitriles is 1. The maximum Gasteiger partial charge on any atom is 0.329 e. The number of nitrogen functional groups attached to an aromatic ring is 1. The largest absolute Gasteiger partial charge is 0.389 e. The number of aromatic nitrogens is 6. The number of rotatable bonds is 14. The van der Waals surface area contributed by atoms with Gasteiger partial charge in [-0.1, -0.05) is 11.2 Å². The van der Waals surface area contributed by atoms with E-state index in [1.165, 1.54) is 15.9 Å². The van der Waals surface area contributed by atoms with Crippen molar-refractivity contribution in [1.82, 2.24) is 39.5 Å². The summed E-state index contributed by atoms with van der Waals surface area (Å²) in [6, 6.07) is 9.42. The molecule has 6 heterocycles. The summed E-state index contributed by atoms with van der Waals surface area (Å²) in [4.78, 5) is 57.3. The lowest BCUT2D eigenvalue weighted by Gasteiger charge is -2.30. The smallest absolute Gasteiger partial charge is 0.329 e. The first kappa shape index (κ1) is 41.3. The van der Waals surface area contributed by atoms with E-state index < -0.39 is 17.4 Å². The fourth-order valence-electron chi connectivity index (χ4n) is 8.91. The number of ether oxygens (including phenoxy) is 2. The molecule has 0 bridgehead atoms. The van der Waals surface area contributed by atoms with Crippen LogP contribution < -0.4 is 21.6 Å². The fourth-order valence-corrected chi connectivity index (χ4v) is 10.1. The molecule has 5 aromatic rings. The molecule has 0 spiro atoms. The van der Waals surface area contributed by atoms with Crippen LogP contribution in [-0.2, 0) is 44.4 Å². The molecule has 316 valence electrons. The Labute approximate surface area is 351 Å². The van der Waals surface area contributed by atoms with Crippen LogP contribution in [0.4, 0.5) is 10.9 Å². The lowest BCUT2D eigenvalue weighted by atomic mass is 9.72. The predicted octanol–water partition coefficient (Wildman–Crippen LogP) is 3.88. The summed E-state index contributed by atoms with van der Waals surface area (Å²) < 4.78 is 20.7. The van der Waals surface area contributed by atoms with E-state index in [1.807, 2.05) is 18.2 Å². The summed E-state index contributed by atoms with van der Waals surface area (Å²) in [7, 11) is 1.70. The van der Waals surface area contributed by atoms with Gasteiger partial charge in [0.15, 0.2) is 0 Å². The van der Waals surface area contributed by atoms with E-state index in [4.69, 9.17) is 29.7 Å². The first-order valence-corrected chi connectivity index (χ1v) is 21.5. The SMILES string of the molecule is C[C@H]1CN(CCOCCOCCCc2ccc3c(c2)n(C)c(=O)n3C2CCC(=O)NC2=O)CCCN1c1nccc(-c2noc([C@@]3(C)CCCc4sc(N)c(C#N)c43)n2)n1. The molecule has 2 fully saturated rings. The monoisotopic (exact) mass is 837 g/mol. The van der Waals surface area contributed by atoms with Crippen LogP contribution in [0.25, 0.3) is 22.6 Å². The third-order valence-corrected chi connectivity index (χ3v) is 13.1. The molecule has 0 saturated carbocycles. The van der Waals surface area contributed by atoms with Crippen LogP contribution in [0.5, 0.6) is 0 Å². The van der Waals surface area contributed by atoms with Crippen LogP contribution in [0.15, 0.2) is 39.8 Å². The van der Waals surface area contributed by atoms with Gasteiger partial charge in [-0.3, -0.25) is 28.9 Å². The number of anilines is 2. The van der Waals surface area contributed by atoms with Crippen LogP contribution in [0, 0.1) is 11.3 Å². The van der Waals surface area contributed by atoms with Crippen molar-refractivity contribution in [2.24, 2.45) is 7.05 Å². The molecule has 3 atom stereocenters. The molecule has 4 aromatic heterocycles. The summed E-state index contributed by atoms with van der Waals surface area (Å²) in [5.74, 6) is 0.733. The highest BCUT2D eigenvalue weighted by Crippen LogP contribution is 2.48. The minimum atomic E-state index is -0.696. The summed E-state index contributed by atoms with van der Waals surface area (Å²) in [6.07, 6.45) is 7.41. The lowest BCUT2D eigenvalue weighted by molar-refractivity contribution is -0.135. The van der Waals surface area contributed by atoms with E-state index in [9.17, 15) is 19.6 Å². The van der Waals surface area contributed by atoms with E-state index >= 15 is 0 Å². The first-order valence-electron chi connectivity index (χ1n) is 20.7. The number of nitrogens with zero attached hydrogens (tertiary/aromatic N) is 9. The summed E-state index contributed by atoms with van der Waals surface area (Å²) in [5, 5.41) is 17.1. The third-order valence-electron chi connectivity index (χ3n) is 12.1. The van der Waals surface area contributed by atoms with Gasteiger partial charge in [0.1, 0.15) is 22.8 Å². The van der Waals surface area contributed by atoms with E-state index in [0.29, 0.717) is 72.3 Å². The zero-order valence-corrected chi connectivity index (χ0v) is 35.1. The van der Waals surface area contributed by atoms with Crippen LogP contribution >= 0.6 is 11.3 Å². The van der Waals surface area contributed by atoms with Gasteiger partial charge in [-0.25, -0.2) is 14.8 Å². The number of nitrogens with one attached hydrogen (secondary N) is 1. The number of hydrogen-bond donors (Lipinski definition) is 2. The van der Waals surface area contributed by atoms with Crippen molar-refractivity contribution >= 4 is 45.1 Å². The van der Waals surface area contributed by atoms with E-state index in [0.717, 1.165) is 86.2 Å². The van der Waals surface area contributed by atoms with Gasteiger partial charge in [-0.2, -0.15) is 10.2 Å². The van der Waals surface area contributed by atoms with Gasteiger partial charge < -0.3 is 24.6 Å². The van der Waals surface area contributed by atoms with Crippen molar-refractivity contribution in [3.63, 3.8) is 0 Å². The minimum Gasteiger partial charge on any atom is -0.389 e. The van der Waals surface area contributed by atoms with Gasteiger partial charge in [0.2, 0.25) is 29.5 Å². The van der Waals surface area contributed by atoms with Crippen molar-refractivity contribution in [3.05, 3.63) is 68.4 Å². The Bertz CT molecular complexity index is 2480. The molecule has 60 heavy (non-hydrogen) atoms. The molecule has 0 radical (unpaired) electrons. The molecule has 2 aliphatic heterocycles. The number of aryl methyl sites for hydroxylation is 3. The summed E-state index contributed by atoms with van der Waals surface area (Å²) in [5.41, 5.74) is 9.88. The van der Waals surface area contributed by atoms with Crippen molar-refractivity contribution in [3.8, 4) is 17.6 Å². The maximum atomic E-state index is 13.1. The van der Waals surface area contributed by atoms with Crippen LogP contribution in [-0.4, -0.2) is 105 Å². The molecule has 1 aliphatic carbocycles. The Kier molecular flexibility index (Phi) is 12.1. The maximum absolute atomic E-state index is 13.1. The van der Waals surface area contributed by atoms with Crippen molar-refractivity contribution in [2.45, 2.75) is 82.7 Å². The normalized spacial score (nSPS) is 21.2. The van der Waals surface area contributed by atoms with Crippen LogP contribution in [0.1, 0.15) is 85.9 Å². The Morgan fingerprint density at radius 2 is 1.90 bits per heavy atom. The molecule has 2 saturated heterocycles. The number of imide groups is 1. The number of amides is 2. The number of carbonyl (C=O) groups excluding carboxylic acids is 2. The fraction of sp³-hybridized carbons (Fsp3) is 0.524. The van der Waals surface area contributed by atoms with Gasteiger partial charge >= 0.3 is 5.69 Å². The Hall–Kier alpha value is -5.48. The molecular formula is C42H51N11O6S. The van der Waals surface area contributed by atoms with E-state index in [-0.39, 0.29) is 24.1 Å². The average molecular weight is 838 g/mol. The van der Waals surface area contributed by atoms with Gasteiger partial charge in [0.05, 0.1) is 41.8 Å². The first-order chi connectivity index (χ1) is 29.0. The number of fused-ring (bicyclic) bond motifs is 2. The lowest BCUT2D eigenvalue weighted by Crippen LogP contribution is -2.44. The number of hydrogen-bond acceptors (Lipinski definition) is 15. The zero-order chi connectivity index (χ0) is 42.0. The Morgan fingerprint density at radius 3 is 2.72 bits per heavy atom. The minimum absolute atomic E-state index is 0.163. The quantitative estimate of drug-likeness (QED) is 0.120. The van der Waals surface area contributed by atoms with Gasteiger partial charge in [-0.15, -0.1) is 11.3 Å². The van der Waals surface area contributed by atoms with Gasteiger partial charge in [0, 0.05) is 62.4 Å². The number of benzene rings is 1. The standard InChI is InChI=1S/C42H51N11O6S/c1-26-25-51(18-20-58-22-21-57-19-5-7-27-9-10-30-32(23-27)50(3)41(56)53(30)31-11-12-34(54)47-38(31)55)16-6-17-52(26)40-45-15-13-29(46-40)37-48-39(59-49-37)42(2)14-4-8-33-35(42)28(24-43)36(44)60-33/h9-10,13,15,23,26,31H,4-8,11-12,14,16-22,25,44H2,1-3H3,(H,47,54,55)/t26-,31?,42-/m0/s1. The number of thiophene rings is 1. The molecule has 8 rings (SSSR count). The van der Waals surface area contributed by atoms with Gasteiger partial charge in [0.25, 0.3) is 0 Å². The zero-order valence-electron chi connectivity index (χ0n) is 34.3. The molecule has 3 aliphatic rings. The van der Waals surface area contributed by atoms with Gasteiger partial charge in [-0.05, 0) is 89.1 Å². The highest BCUT2D eigenvalue weighted by Gasteiger charge is 2.43. The van der Waals surface area contributed by atoms with Crippen LogP contribution in [0.2, 0.25) is 0 Å². The number of piperidine rings is 1. The Morgan fingerprint density at radius 1 is 1.07 bits per heavy atom. The van der Waals surface area contributed by atoms with Crippen molar-refractivity contribution < 1.29 is 23.6 Å². The number of imidazole rings is 1. The second-order valence-electron chi connectivity index (χ2n) is 16.1. The molecule has 2 amide bonds. The average Bonchev–Trinajstić information content (AvgIpc) is 3.89. The highest BCUT2D eigenvalue weighted by atomic mass is 32.1. The number of nitrogens with two attached hydrogens (primary N) is 1. The highest BCUT2D eigenvalue weighted by molar-refractivity contribution is 7.16. The molecule has 17 nitrogen and oxygen atoms in total. The second kappa shape index (κ2) is 17.6. The number of carbonyl (C=O) groups is 2. The molecule has 18 heteroatoms. The molecule has 1 aromatic carbocycles. The van der Waals surface area contributed by atoms with Crippen molar-refractivity contribution in [1.29, 1.82) is 5.26 Å². The Balaban J connectivity index is 0.770. The van der Waals surface area contributed by atoms with E-state index in [1.54, 1.807) is 23.9 Å². The topological polar surface area (TPSA) is 213 Å². The summed E-state index contributed by atoms with van der Waals surface area (Å²) in [6.45, 7) is 9.85. The molecular weight excluding hydrogens is 787 g/mol. The van der Waals surface area contributed by atoms with Crippen LogP contribution in [0.3, 0.4) is 0 Å². The molecule has 1 unspecified atom stereocenters. The summed E-state index contributed by atoms with van der Waals surface area (Å²) >= 11 is 1.48. The van der Waals surface area contributed by atoms with E-state index in [2.05, 4.69) is 45.2 Å². The van der Waals surface area contributed by atoms with Crippen molar-refractivity contribution in [2.75, 3.05) is 63.2 Å².